The van der Waals surface area contributed by atoms with Crippen LogP contribution in [0, 0.1) is 0 Å². The number of hydrazine groups is 1. The molecule has 7 heteroatoms. The summed E-state index contributed by atoms with van der Waals surface area (Å²) in [5, 5.41) is 7.71. The second-order valence-corrected chi connectivity index (χ2v) is 5.83. The zero-order valence-corrected chi connectivity index (χ0v) is 14.1. The van der Waals surface area contributed by atoms with Gasteiger partial charge in [-0.25, -0.2) is 4.98 Å². The van der Waals surface area contributed by atoms with E-state index in [1.807, 2.05) is 54.6 Å². The minimum atomic E-state index is -0.503. The van der Waals surface area contributed by atoms with Crippen molar-refractivity contribution in [2.24, 2.45) is 0 Å². The first-order valence-corrected chi connectivity index (χ1v) is 8.28. The van der Waals surface area contributed by atoms with Gasteiger partial charge in [-0.3, -0.25) is 25.5 Å². The number of aromatic amines is 1. The number of rotatable bonds is 3. The van der Waals surface area contributed by atoms with Crippen LogP contribution in [0.3, 0.4) is 0 Å². The van der Waals surface area contributed by atoms with Crippen LogP contribution in [-0.4, -0.2) is 27.0 Å². The van der Waals surface area contributed by atoms with Gasteiger partial charge in [-0.1, -0.05) is 54.6 Å². The lowest BCUT2D eigenvalue weighted by atomic mass is 10.1. The van der Waals surface area contributed by atoms with E-state index in [2.05, 4.69) is 26.0 Å². The summed E-state index contributed by atoms with van der Waals surface area (Å²) in [4.78, 5) is 28.7. The van der Waals surface area contributed by atoms with E-state index in [4.69, 9.17) is 0 Å². The van der Waals surface area contributed by atoms with Gasteiger partial charge in [0.05, 0.1) is 11.2 Å². The third-order valence-electron chi connectivity index (χ3n) is 4.01. The van der Waals surface area contributed by atoms with Gasteiger partial charge < -0.3 is 0 Å². The molecule has 0 fully saturated rings. The Hall–Kier alpha value is -4.00. The van der Waals surface area contributed by atoms with Gasteiger partial charge in [0.1, 0.15) is 11.4 Å². The van der Waals surface area contributed by atoms with Gasteiger partial charge in [0.25, 0.3) is 11.8 Å². The molecular formula is C20H15N5O2. The largest absolute Gasteiger partial charge is 0.288 e. The van der Waals surface area contributed by atoms with Crippen LogP contribution in [0.15, 0.2) is 72.8 Å². The maximum atomic E-state index is 12.2. The molecule has 2 amide bonds. The Balaban J connectivity index is 1.42. The fraction of sp³-hybridized carbons (Fsp3) is 0. The van der Waals surface area contributed by atoms with E-state index in [-0.39, 0.29) is 11.4 Å². The van der Waals surface area contributed by atoms with Crippen molar-refractivity contribution in [1.82, 2.24) is 26.0 Å². The number of nitrogens with one attached hydrogen (secondary N) is 3. The Morgan fingerprint density at radius 3 is 2.41 bits per heavy atom. The molecular weight excluding hydrogens is 342 g/mol. The second kappa shape index (κ2) is 7.09. The number of hydrogen-bond donors (Lipinski definition) is 3. The molecule has 2 heterocycles. The maximum Gasteiger partial charge on any atom is 0.288 e. The van der Waals surface area contributed by atoms with Gasteiger partial charge in [0.2, 0.25) is 0 Å². The van der Waals surface area contributed by atoms with Gasteiger partial charge in [-0.2, -0.15) is 5.10 Å². The van der Waals surface area contributed by atoms with E-state index < -0.39 is 11.8 Å². The topological polar surface area (TPSA) is 99.8 Å². The molecule has 4 aromatic rings. The number of carbonyl (C=O) groups is 2. The number of amides is 2. The highest BCUT2D eigenvalue weighted by Gasteiger charge is 2.13. The molecule has 0 aliphatic rings. The Morgan fingerprint density at radius 2 is 1.56 bits per heavy atom. The molecule has 0 saturated heterocycles. The number of carbonyl (C=O) groups excluding carboxylic acids is 2. The van der Waals surface area contributed by atoms with Crippen LogP contribution in [0.1, 0.15) is 21.0 Å². The Labute approximate surface area is 154 Å². The van der Waals surface area contributed by atoms with Crippen molar-refractivity contribution in [3.63, 3.8) is 0 Å². The lowest BCUT2D eigenvalue weighted by Gasteiger charge is -2.06. The molecule has 0 aliphatic heterocycles. The fourth-order valence-electron chi connectivity index (χ4n) is 2.63. The first kappa shape index (κ1) is 16.5. The number of hydrogen-bond acceptors (Lipinski definition) is 4. The minimum Gasteiger partial charge on any atom is -0.272 e. The summed E-state index contributed by atoms with van der Waals surface area (Å²) in [5.74, 6) is -1.00. The third-order valence-corrected chi connectivity index (χ3v) is 4.01. The maximum absolute atomic E-state index is 12.2. The Bertz CT molecular complexity index is 1120. The average Bonchev–Trinajstić information content (AvgIpc) is 3.22. The number of fused-ring (bicyclic) bond motifs is 1. The zero-order chi connectivity index (χ0) is 18.6. The van der Waals surface area contributed by atoms with E-state index in [9.17, 15) is 9.59 Å². The van der Waals surface area contributed by atoms with Crippen molar-refractivity contribution in [1.29, 1.82) is 0 Å². The van der Waals surface area contributed by atoms with E-state index in [0.29, 0.717) is 11.2 Å². The minimum absolute atomic E-state index is 0.212. The highest BCUT2D eigenvalue weighted by atomic mass is 16.2. The highest BCUT2D eigenvalue weighted by molar-refractivity contribution is 5.98. The quantitative estimate of drug-likeness (QED) is 0.491. The third kappa shape index (κ3) is 3.52. The summed E-state index contributed by atoms with van der Waals surface area (Å²) in [7, 11) is 0. The van der Waals surface area contributed by atoms with Crippen LogP contribution in [0.5, 0.6) is 0 Å². The van der Waals surface area contributed by atoms with Gasteiger partial charge in [0, 0.05) is 10.9 Å². The summed E-state index contributed by atoms with van der Waals surface area (Å²) in [6, 6.07) is 22.0. The molecule has 2 aromatic heterocycles. The molecule has 132 valence electrons. The molecule has 2 aromatic carbocycles. The molecule has 0 bridgehead atoms. The molecule has 4 rings (SSSR count). The molecule has 7 nitrogen and oxygen atoms in total. The van der Waals surface area contributed by atoms with Gasteiger partial charge in [0.15, 0.2) is 0 Å². The molecule has 27 heavy (non-hydrogen) atoms. The van der Waals surface area contributed by atoms with Crippen molar-refractivity contribution in [2.45, 2.75) is 0 Å². The lowest BCUT2D eigenvalue weighted by Crippen LogP contribution is -2.42. The smallest absolute Gasteiger partial charge is 0.272 e. The summed E-state index contributed by atoms with van der Waals surface area (Å²) in [6.07, 6.45) is 0. The van der Waals surface area contributed by atoms with Crippen molar-refractivity contribution in [2.75, 3.05) is 0 Å². The van der Waals surface area contributed by atoms with Gasteiger partial charge in [-0.05, 0) is 18.2 Å². The summed E-state index contributed by atoms with van der Waals surface area (Å²) >= 11 is 0. The molecule has 0 aliphatic carbocycles. The Morgan fingerprint density at radius 1 is 0.815 bits per heavy atom. The van der Waals surface area contributed by atoms with E-state index >= 15 is 0 Å². The first-order chi connectivity index (χ1) is 13.2. The molecule has 0 saturated carbocycles. The molecule has 0 spiro atoms. The summed E-state index contributed by atoms with van der Waals surface area (Å²) in [5.41, 5.74) is 7.41. The van der Waals surface area contributed by atoms with Crippen molar-refractivity contribution in [3.8, 4) is 11.3 Å². The fourth-order valence-corrected chi connectivity index (χ4v) is 2.63. The van der Waals surface area contributed by atoms with Crippen LogP contribution < -0.4 is 10.9 Å². The molecule has 0 unspecified atom stereocenters. The van der Waals surface area contributed by atoms with E-state index in [1.165, 1.54) is 0 Å². The lowest BCUT2D eigenvalue weighted by molar-refractivity contribution is 0.0841. The summed E-state index contributed by atoms with van der Waals surface area (Å²) in [6.45, 7) is 0. The van der Waals surface area contributed by atoms with Gasteiger partial charge in [-0.15, -0.1) is 0 Å². The number of pyridine rings is 1. The zero-order valence-electron chi connectivity index (χ0n) is 14.1. The average molecular weight is 357 g/mol. The second-order valence-electron chi connectivity index (χ2n) is 5.83. The van der Waals surface area contributed by atoms with Crippen LogP contribution in [0.4, 0.5) is 0 Å². The Kier molecular flexibility index (Phi) is 4.32. The SMILES string of the molecule is O=C(NNC(=O)c1cc(-c2ccccc2)n[nH]1)c1ccc2ccccc2n1. The van der Waals surface area contributed by atoms with Crippen molar-refractivity contribution < 1.29 is 9.59 Å². The first-order valence-electron chi connectivity index (χ1n) is 8.28. The predicted octanol–water partition coefficient (Wildman–Crippen LogP) is 2.70. The van der Waals surface area contributed by atoms with E-state index in [0.717, 1.165) is 10.9 Å². The number of benzene rings is 2. The number of aromatic nitrogens is 3. The van der Waals surface area contributed by atoms with Gasteiger partial charge >= 0.3 is 0 Å². The standard InChI is InChI=1S/C20H15N5O2/c26-19(16-11-10-14-8-4-5-9-15(14)21-16)24-25-20(27)18-12-17(22-23-18)13-6-2-1-3-7-13/h1-12H,(H,22,23)(H,24,26)(H,25,27). The predicted molar refractivity (Wildman–Crippen MR) is 101 cm³/mol. The molecule has 3 N–H and O–H groups in total. The van der Waals surface area contributed by atoms with Crippen LogP contribution in [0.2, 0.25) is 0 Å². The molecule has 0 radical (unpaired) electrons. The van der Waals surface area contributed by atoms with E-state index in [1.54, 1.807) is 18.2 Å². The van der Waals surface area contributed by atoms with Crippen LogP contribution in [0.25, 0.3) is 22.2 Å². The monoisotopic (exact) mass is 357 g/mol. The highest BCUT2D eigenvalue weighted by Crippen LogP contribution is 2.16. The van der Waals surface area contributed by atoms with Crippen molar-refractivity contribution in [3.05, 3.63) is 84.2 Å². The number of nitrogens with zero attached hydrogens (tertiary/aromatic N) is 2. The molecule has 0 atom stereocenters. The number of H-pyrrole nitrogens is 1. The van der Waals surface area contributed by atoms with Crippen molar-refractivity contribution >= 4 is 22.7 Å². The van der Waals surface area contributed by atoms with Crippen LogP contribution >= 0.6 is 0 Å². The normalized spacial score (nSPS) is 10.5. The summed E-state index contributed by atoms with van der Waals surface area (Å²) < 4.78 is 0. The van der Waals surface area contributed by atoms with Crippen LogP contribution in [-0.2, 0) is 0 Å². The number of para-hydroxylation sites is 1.